The van der Waals surface area contributed by atoms with Crippen LogP contribution >= 0.6 is 12.2 Å². The number of hydrogen-bond acceptors (Lipinski definition) is 5. The Morgan fingerprint density at radius 2 is 2.06 bits per heavy atom. The first kappa shape index (κ1) is 15.3. The Hall–Kier alpha value is -0.780. The standard InChI is InChI=1S/C13H22N2O2S/c1-4-6-15(3)7-9-17-8-5-14-11-10(2)13(18)12(11)16/h14H,4-9H2,1-3H3. The number of anilines is 1. The molecule has 0 radical (unpaired) electrons. The predicted molar refractivity (Wildman–Crippen MR) is 77.8 cm³/mol. The Morgan fingerprint density at radius 3 is 2.67 bits per heavy atom. The van der Waals surface area contributed by atoms with Crippen LogP contribution < -0.4 is 10.7 Å². The van der Waals surface area contributed by atoms with Gasteiger partial charge < -0.3 is 15.0 Å². The second-order valence-corrected chi connectivity index (χ2v) is 4.91. The molecule has 0 aliphatic carbocycles. The monoisotopic (exact) mass is 270 g/mol. The molecule has 0 heterocycles. The molecular formula is C13H22N2O2S. The summed E-state index contributed by atoms with van der Waals surface area (Å²) in [6.45, 7) is 8.06. The summed E-state index contributed by atoms with van der Waals surface area (Å²) in [6.07, 6.45) is 1.16. The van der Waals surface area contributed by atoms with Gasteiger partial charge in [0, 0.05) is 13.1 Å². The normalized spacial score (nSPS) is 11.3. The van der Waals surface area contributed by atoms with Gasteiger partial charge in [-0.25, -0.2) is 0 Å². The van der Waals surface area contributed by atoms with Crippen molar-refractivity contribution in [1.29, 1.82) is 0 Å². The van der Waals surface area contributed by atoms with Gasteiger partial charge in [0.15, 0.2) is 0 Å². The van der Waals surface area contributed by atoms with Crippen molar-refractivity contribution in [3.05, 3.63) is 20.3 Å². The highest BCUT2D eigenvalue weighted by atomic mass is 32.1. The third-order valence-corrected chi connectivity index (χ3v) is 3.41. The van der Waals surface area contributed by atoms with Gasteiger partial charge in [-0.1, -0.05) is 19.1 Å². The predicted octanol–water partition coefficient (Wildman–Crippen LogP) is 1.73. The average Bonchev–Trinajstić information content (AvgIpc) is 2.37. The highest BCUT2D eigenvalue weighted by Gasteiger charge is 2.12. The topological polar surface area (TPSA) is 41.6 Å². The first-order valence-electron chi connectivity index (χ1n) is 6.38. The first-order chi connectivity index (χ1) is 8.57. The zero-order chi connectivity index (χ0) is 13.5. The van der Waals surface area contributed by atoms with E-state index in [4.69, 9.17) is 17.0 Å². The molecule has 0 saturated heterocycles. The quantitative estimate of drug-likeness (QED) is 0.547. The largest absolute Gasteiger partial charge is 0.379 e. The van der Waals surface area contributed by atoms with Crippen LogP contribution in [0, 0.1) is 11.4 Å². The lowest BCUT2D eigenvalue weighted by Crippen LogP contribution is -2.26. The van der Waals surface area contributed by atoms with Gasteiger partial charge in [0.25, 0.3) is 0 Å². The molecule has 0 bridgehead atoms. The second-order valence-electron chi connectivity index (χ2n) is 4.50. The molecule has 0 aliphatic rings. The molecule has 4 nitrogen and oxygen atoms in total. The Bertz CT molecular complexity index is 438. The molecule has 0 atom stereocenters. The van der Waals surface area contributed by atoms with Crippen LogP contribution in [0.1, 0.15) is 18.9 Å². The Morgan fingerprint density at radius 1 is 1.33 bits per heavy atom. The van der Waals surface area contributed by atoms with Gasteiger partial charge in [-0.05, 0) is 32.5 Å². The molecule has 0 spiro atoms. The minimum absolute atomic E-state index is 0.0369. The molecule has 0 aromatic heterocycles. The van der Waals surface area contributed by atoms with Crippen LogP contribution in [0.3, 0.4) is 0 Å². The summed E-state index contributed by atoms with van der Waals surface area (Å²) >= 11 is 4.90. The van der Waals surface area contributed by atoms with Crippen LogP contribution in [0.2, 0.25) is 0 Å². The fourth-order valence-electron chi connectivity index (χ4n) is 1.78. The zero-order valence-electron chi connectivity index (χ0n) is 11.4. The molecule has 0 aliphatic heterocycles. The van der Waals surface area contributed by atoms with E-state index in [1.54, 1.807) is 0 Å². The minimum atomic E-state index is -0.0369. The maximum atomic E-state index is 11.3. The highest BCUT2D eigenvalue weighted by molar-refractivity contribution is 7.71. The molecule has 102 valence electrons. The van der Waals surface area contributed by atoms with E-state index in [0.717, 1.165) is 31.7 Å². The van der Waals surface area contributed by atoms with Crippen LogP contribution in [0.4, 0.5) is 5.69 Å². The third kappa shape index (κ3) is 4.15. The molecule has 18 heavy (non-hydrogen) atoms. The van der Waals surface area contributed by atoms with Crippen molar-refractivity contribution in [2.45, 2.75) is 20.3 Å². The molecule has 1 N–H and O–H groups in total. The van der Waals surface area contributed by atoms with Crippen LogP contribution in [0.15, 0.2) is 4.79 Å². The van der Waals surface area contributed by atoms with Crippen molar-refractivity contribution in [2.24, 2.45) is 0 Å². The molecule has 0 fully saturated rings. The maximum Gasteiger partial charge on any atom is 0.220 e. The lowest BCUT2D eigenvalue weighted by atomic mass is 10.1. The SMILES string of the molecule is CCCN(C)CCOCCNc1c(C)c(=S)c1=O. The van der Waals surface area contributed by atoms with Gasteiger partial charge in [-0.2, -0.15) is 0 Å². The van der Waals surface area contributed by atoms with E-state index in [2.05, 4.69) is 24.2 Å². The van der Waals surface area contributed by atoms with Crippen LogP contribution in [-0.4, -0.2) is 44.8 Å². The Balaban J connectivity index is 2.06. The molecule has 1 aromatic carbocycles. The Kier molecular flexibility index (Phi) is 6.46. The Labute approximate surface area is 114 Å². The number of nitrogens with one attached hydrogen (secondary N) is 1. The maximum absolute atomic E-state index is 11.3. The van der Waals surface area contributed by atoms with E-state index < -0.39 is 0 Å². The molecule has 0 amide bonds. The minimum Gasteiger partial charge on any atom is -0.379 e. The summed E-state index contributed by atoms with van der Waals surface area (Å²) in [7, 11) is 2.09. The van der Waals surface area contributed by atoms with Crippen LogP contribution in [0.5, 0.6) is 0 Å². The van der Waals surface area contributed by atoms with Crippen molar-refractivity contribution >= 4 is 17.9 Å². The summed E-state index contributed by atoms with van der Waals surface area (Å²) in [5.74, 6) is 0. The fraction of sp³-hybridized carbons (Fsp3) is 0.692. The smallest absolute Gasteiger partial charge is 0.220 e. The molecule has 5 heteroatoms. The van der Waals surface area contributed by atoms with Crippen molar-refractivity contribution in [3.63, 3.8) is 0 Å². The van der Waals surface area contributed by atoms with E-state index in [-0.39, 0.29) is 5.43 Å². The number of nitrogens with zero attached hydrogens (tertiary/aromatic N) is 1. The molecule has 1 aromatic rings. The second kappa shape index (κ2) is 7.61. The van der Waals surface area contributed by atoms with Gasteiger partial charge in [0.05, 0.1) is 23.4 Å². The van der Waals surface area contributed by atoms with Crippen LogP contribution in [0.25, 0.3) is 0 Å². The average molecular weight is 270 g/mol. The van der Waals surface area contributed by atoms with E-state index >= 15 is 0 Å². The molecule has 0 saturated carbocycles. The van der Waals surface area contributed by atoms with E-state index in [0.29, 0.717) is 23.3 Å². The number of likely N-dealkylation sites (N-methyl/N-ethyl adjacent to an activating group) is 1. The van der Waals surface area contributed by atoms with Gasteiger partial charge in [-0.3, -0.25) is 4.79 Å². The van der Waals surface area contributed by atoms with Crippen molar-refractivity contribution < 1.29 is 4.74 Å². The van der Waals surface area contributed by atoms with E-state index in [1.807, 2.05) is 6.92 Å². The summed E-state index contributed by atoms with van der Waals surface area (Å²) in [4.78, 5) is 13.6. The highest BCUT2D eigenvalue weighted by Crippen LogP contribution is 2.13. The molecule has 0 unspecified atom stereocenters. The van der Waals surface area contributed by atoms with Gasteiger partial charge in [-0.15, -0.1) is 0 Å². The van der Waals surface area contributed by atoms with Gasteiger partial charge in [0.1, 0.15) is 0 Å². The fourth-order valence-corrected chi connectivity index (χ4v) is 1.99. The van der Waals surface area contributed by atoms with Crippen LogP contribution in [-0.2, 0) is 4.74 Å². The van der Waals surface area contributed by atoms with E-state index in [1.165, 1.54) is 0 Å². The summed E-state index contributed by atoms with van der Waals surface area (Å²) in [5.41, 5.74) is 1.52. The van der Waals surface area contributed by atoms with Gasteiger partial charge >= 0.3 is 0 Å². The summed E-state index contributed by atoms with van der Waals surface area (Å²) < 4.78 is 5.95. The lowest BCUT2D eigenvalue weighted by Gasteiger charge is -2.15. The molecular weight excluding hydrogens is 248 g/mol. The molecule has 1 rings (SSSR count). The first-order valence-corrected chi connectivity index (χ1v) is 6.78. The zero-order valence-corrected chi connectivity index (χ0v) is 12.2. The van der Waals surface area contributed by atoms with E-state index in [9.17, 15) is 4.79 Å². The summed E-state index contributed by atoms with van der Waals surface area (Å²) in [5, 5.41) is 3.07. The van der Waals surface area contributed by atoms with Crippen molar-refractivity contribution in [1.82, 2.24) is 4.90 Å². The van der Waals surface area contributed by atoms with Crippen molar-refractivity contribution in [3.8, 4) is 0 Å². The summed E-state index contributed by atoms with van der Waals surface area (Å²) in [6, 6.07) is 0. The van der Waals surface area contributed by atoms with Gasteiger partial charge in [0.2, 0.25) is 5.43 Å². The third-order valence-electron chi connectivity index (χ3n) is 2.92. The number of hydrogen-bond donors (Lipinski definition) is 1. The van der Waals surface area contributed by atoms with Crippen molar-refractivity contribution in [2.75, 3.05) is 45.2 Å². The lowest BCUT2D eigenvalue weighted by molar-refractivity contribution is 0.119. The number of ether oxygens (including phenoxy) is 1. The number of rotatable bonds is 9.